The summed E-state index contributed by atoms with van der Waals surface area (Å²) in [5, 5.41) is 17.8. The number of carboxylic acid groups (broad SMARTS) is 1. The molecule has 0 amide bonds. The molecule has 196 valence electrons. The molecule has 0 radical (unpaired) electrons. The van der Waals surface area contributed by atoms with Gasteiger partial charge in [-0.25, -0.2) is 24.0 Å². The second-order valence-corrected chi connectivity index (χ2v) is 9.27. The van der Waals surface area contributed by atoms with Crippen LogP contribution >= 0.6 is 0 Å². The molecule has 11 heteroatoms. The lowest BCUT2D eigenvalue weighted by Crippen LogP contribution is -2.29. The van der Waals surface area contributed by atoms with Crippen LogP contribution in [0.4, 0.5) is 4.39 Å². The molecule has 5 rings (SSSR count). The number of benzene rings is 1. The van der Waals surface area contributed by atoms with Gasteiger partial charge in [-0.1, -0.05) is 5.21 Å². The molecule has 0 aliphatic heterocycles. The number of carbonyl (C=O) groups is 1. The summed E-state index contributed by atoms with van der Waals surface area (Å²) in [5.41, 5.74) is 3.91. The lowest BCUT2D eigenvalue weighted by molar-refractivity contribution is -0.143. The number of hydrogen-bond donors (Lipinski definition) is 1. The van der Waals surface area contributed by atoms with Gasteiger partial charge < -0.3 is 14.6 Å². The van der Waals surface area contributed by atoms with Crippen molar-refractivity contribution in [3.63, 3.8) is 0 Å². The van der Waals surface area contributed by atoms with E-state index < -0.39 is 5.97 Å². The highest BCUT2D eigenvalue weighted by Gasteiger charge is 2.28. The number of aliphatic carboxylic acids is 1. The Balaban J connectivity index is 1.30. The lowest BCUT2D eigenvalue weighted by atomic mass is 9.87. The van der Waals surface area contributed by atoms with E-state index in [1.54, 1.807) is 29.9 Å². The highest BCUT2D eigenvalue weighted by atomic mass is 19.1. The number of hydrogen-bond acceptors (Lipinski definition) is 8. The normalized spacial score (nSPS) is 17.2. The molecule has 1 aliphatic rings. The monoisotopic (exact) mass is 518 g/mol. The van der Waals surface area contributed by atoms with Crippen LogP contribution in [0, 0.1) is 18.7 Å². The molecule has 2 atom stereocenters. The summed E-state index contributed by atoms with van der Waals surface area (Å²) in [5.74, 6) is -0.480. The van der Waals surface area contributed by atoms with Crippen LogP contribution in [0.25, 0.3) is 22.6 Å². The van der Waals surface area contributed by atoms with Crippen LogP contribution in [0.3, 0.4) is 0 Å². The molecule has 1 fully saturated rings. The van der Waals surface area contributed by atoms with Crippen molar-refractivity contribution >= 4 is 5.97 Å². The number of rotatable bonds is 8. The van der Waals surface area contributed by atoms with Crippen molar-refractivity contribution in [2.75, 3.05) is 0 Å². The first-order valence-electron chi connectivity index (χ1n) is 12.3. The minimum atomic E-state index is -0.769. The summed E-state index contributed by atoms with van der Waals surface area (Å²) < 4.78 is 26.9. The summed E-state index contributed by atoms with van der Waals surface area (Å²) in [7, 11) is 1.77. The Hall–Kier alpha value is -4.41. The topological polar surface area (TPSA) is 125 Å². The summed E-state index contributed by atoms with van der Waals surface area (Å²) in [6, 6.07) is 11.4. The van der Waals surface area contributed by atoms with E-state index in [9.17, 15) is 14.3 Å². The summed E-state index contributed by atoms with van der Waals surface area (Å²) in [4.78, 5) is 24.5. The van der Waals surface area contributed by atoms with E-state index in [2.05, 4.69) is 25.3 Å². The fourth-order valence-electron chi connectivity index (χ4n) is 4.54. The molecule has 1 saturated carbocycles. The van der Waals surface area contributed by atoms with E-state index in [0.29, 0.717) is 52.9 Å². The Morgan fingerprint density at radius 1 is 1.13 bits per heavy atom. The minimum absolute atomic E-state index is 0.135. The maximum absolute atomic E-state index is 13.3. The summed E-state index contributed by atoms with van der Waals surface area (Å²) in [6.45, 7) is 1.98. The zero-order valence-electron chi connectivity index (χ0n) is 21.0. The molecule has 4 aromatic rings. The van der Waals surface area contributed by atoms with E-state index in [4.69, 9.17) is 9.47 Å². The van der Waals surface area contributed by atoms with Gasteiger partial charge in [-0.05, 0) is 69.0 Å². The van der Waals surface area contributed by atoms with Crippen molar-refractivity contribution in [3.8, 4) is 34.3 Å². The van der Waals surface area contributed by atoms with Crippen LogP contribution in [0.5, 0.6) is 11.6 Å². The number of aryl methyl sites for hydroxylation is 2. The molecular weight excluding hydrogens is 491 g/mol. The van der Waals surface area contributed by atoms with Crippen LogP contribution in [0.1, 0.15) is 37.1 Å². The molecule has 3 heterocycles. The molecule has 1 N–H and O–H groups in total. The van der Waals surface area contributed by atoms with Crippen LogP contribution < -0.4 is 9.47 Å². The highest BCUT2D eigenvalue weighted by Crippen LogP contribution is 2.31. The van der Waals surface area contributed by atoms with Gasteiger partial charge in [0.2, 0.25) is 5.88 Å². The standard InChI is InChI=1S/C27H27FN6O4/c1-16-24(38-20-5-3-4-18(12-20)27(35)36)11-10-21(31-16)26-23(34(2)33-32-26)14-37-25-13-22(29-15-30-25)17-6-8-19(28)9-7-17/h6-11,13,15,18,20H,3-5,12,14H2,1-2H3,(H,35,36)/t18-,20-/m0/s1. The van der Waals surface area contributed by atoms with Crippen molar-refractivity contribution in [3.05, 3.63) is 66.0 Å². The predicted molar refractivity (Wildman–Crippen MR) is 135 cm³/mol. The van der Waals surface area contributed by atoms with Crippen LogP contribution in [-0.4, -0.2) is 47.1 Å². The number of aromatic nitrogens is 6. The molecule has 38 heavy (non-hydrogen) atoms. The Kier molecular flexibility index (Phi) is 7.25. The van der Waals surface area contributed by atoms with Gasteiger partial charge in [0.1, 0.15) is 35.9 Å². The third-order valence-electron chi connectivity index (χ3n) is 6.63. The quantitative estimate of drug-likeness (QED) is 0.362. The molecule has 1 aliphatic carbocycles. The second-order valence-electron chi connectivity index (χ2n) is 9.27. The van der Waals surface area contributed by atoms with E-state index in [1.165, 1.54) is 18.5 Å². The maximum Gasteiger partial charge on any atom is 0.306 e. The van der Waals surface area contributed by atoms with Crippen molar-refractivity contribution in [1.29, 1.82) is 0 Å². The SMILES string of the molecule is Cc1nc(-c2nnn(C)c2COc2cc(-c3ccc(F)cc3)ncn2)ccc1O[C@H]1CCC[C@H](C(=O)O)C1. The fraction of sp³-hybridized carbons (Fsp3) is 0.333. The molecular formula is C27H27FN6O4. The third-order valence-corrected chi connectivity index (χ3v) is 6.63. The van der Waals surface area contributed by atoms with Gasteiger partial charge in [0, 0.05) is 18.7 Å². The van der Waals surface area contributed by atoms with Gasteiger partial charge in [-0.3, -0.25) is 4.79 Å². The number of carboxylic acids is 1. The highest BCUT2D eigenvalue weighted by molar-refractivity contribution is 5.70. The maximum atomic E-state index is 13.3. The van der Waals surface area contributed by atoms with E-state index in [1.807, 2.05) is 19.1 Å². The van der Waals surface area contributed by atoms with Crippen molar-refractivity contribution in [1.82, 2.24) is 29.9 Å². The molecule has 0 saturated heterocycles. The Morgan fingerprint density at radius 2 is 1.95 bits per heavy atom. The molecule has 0 bridgehead atoms. The van der Waals surface area contributed by atoms with E-state index >= 15 is 0 Å². The number of pyridine rings is 1. The zero-order chi connectivity index (χ0) is 26.6. The Bertz CT molecular complexity index is 1440. The van der Waals surface area contributed by atoms with Crippen molar-refractivity contribution < 1.29 is 23.8 Å². The minimum Gasteiger partial charge on any atom is -0.489 e. The summed E-state index contributed by atoms with van der Waals surface area (Å²) >= 11 is 0. The molecule has 1 aromatic carbocycles. The van der Waals surface area contributed by atoms with Gasteiger partial charge in [0.15, 0.2) is 0 Å². The van der Waals surface area contributed by atoms with Gasteiger partial charge in [-0.15, -0.1) is 5.10 Å². The van der Waals surface area contributed by atoms with Crippen molar-refractivity contribution in [2.24, 2.45) is 13.0 Å². The van der Waals surface area contributed by atoms with Gasteiger partial charge in [-0.2, -0.15) is 0 Å². The zero-order valence-corrected chi connectivity index (χ0v) is 21.0. The fourth-order valence-corrected chi connectivity index (χ4v) is 4.54. The lowest BCUT2D eigenvalue weighted by Gasteiger charge is -2.27. The Labute approximate surface area is 218 Å². The molecule has 0 spiro atoms. The average Bonchev–Trinajstić information content (AvgIpc) is 3.29. The largest absolute Gasteiger partial charge is 0.489 e. The molecule has 10 nitrogen and oxygen atoms in total. The van der Waals surface area contributed by atoms with Crippen molar-refractivity contribution in [2.45, 2.75) is 45.3 Å². The molecule has 3 aromatic heterocycles. The first-order valence-corrected chi connectivity index (χ1v) is 12.3. The van der Waals surface area contributed by atoms with Crippen LogP contribution in [0.15, 0.2) is 48.8 Å². The van der Waals surface area contributed by atoms with Gasteiger partial charge >= 0.3 is 5.97 Å². The van der Waals surface area contributed by atoms with Gasteiger partial charge in [0.25, 0.3) is 0 Å². The van der Waals surface area contributed by atoms with Gasteiger partial charge in [0.05, 0.1) is 29.1 Å². The smallest absolute Gasteiger partial charge is 0.306 e. The van der Waals surface area contributed by atoms with E-state index in [0.717, 1.165) is 18.4 Å². The third kappa shape index (κ3) is 5.61. The van der Waals surface area contributed by atoms with Crippen LogP contribution in [0.2, 0.25) is 0 Å². The van der Waals surface area contributed by atoms with Crippen LogP contribution in [-0.2, 0) is 18.4 Å². The average molecular weight is 519 g/mol. The second kappa shape index (κ2) is 10.9. The predicted octanol–water partition coefficient (Wildman–Crippen LogP) is 4.38. The van der Waals surface area contributed by atoms with E-state index in [-0.39, 0.29) is 24.4 Å². The number of ether oxygens (including phenoxy) is 2. The molecule has 0 unspecified atom stereocenters. The first-order chi connectivity index (χ1) is 18.4. The number of nitrogens with zero attached hydrogens (tertiary/aromatic N) is 6. The number of halogens is 1. The Morgan fingerprint density at radius 3 is 2.71 bits per heavy atom. The first kappa shape index (κ1) is 25.2. The summed E-state index contributed by atoms with van der Waals surface area (Å²) in [6.07, 6.45) is 4.07.